The van der Waals surface area contributed by atoms with Crippen molar-refractivity contribution in [2.75, 3.05) is 0 Å². The van der Waals surface area contributed by atoms with E-state index in [1.165, 1.54) is 11.1 Å². The Hall–Kier alpha value is -0.287. The van der Waals surface area contributed by atoms with Gasteiger partial charge in [0.25, 0.3) is 0 Å². The van der Waals surface area contributed by atoms with Gasteiger partial charge in [-0.2, -0.15) is 23.3 Å². The number of aryl methyl sites for hydroxylation is 2. The first-order valence-electron chi connectivity index (χ1n) is 4.21. The molecule has 1 heteroatoms. The monoisotopic (exact) mass is 248 g/mol. The van der Waals surface area contributed by atoms with E-state index in [9.17, 15) is 0 Å². The summed E-state index contributed by atoms with van der Waals surface area (Å²) in [6.45, 7) is 4.24. The minimum atomic E-state index is 0. The number of rotatable bonds is 0. The zero-order valence-corrected chi connectivity index (χ0v) is 10.6. The molecule has 0 saturated carbocycles. The van der Waals surface area contributed by atoms with Crippen molar-refractivity contribution in [1.82, 2.24) is 0 Å². The fraction of sp³-hybridized carbons (Fsp3) is 0.250. The zero-order valence-electron chi connectivity index (χ0n) is 8.17. The molecule has 0 unspecified atom stereocenters. The van der Waals surface area contributed by atoms with Gasteiger partial charge in [-0.05, 0) is 0 Å². The molecule has 0 saturated heterocycles. The van der Waals surface area contributed by atoms with E-state index in [-0.39, 0.29) is 26.2 Å². The van der Waals surface area contributed by atoms with Gasteiger partial charge in [0.2, 0.25) is 0 Å². The van der Waals surface area contributed by atoms with Gasteiger partial charge in [-0.1, -0.05) is 13.8 Å². The smallest absolute Gasteiger partial charge is 0.273 e. The molecular weight excluding hydrogens is 235 g/mol. The molecule has 13 heavy (non-hydrogen) atoms. The first kappa shape index (κ1) is 12.7. The summed E-state index contributed by atoms with van der Waals surface area (Å²) in [4.78, 5) is 0. The Kier molecular flexibility index (Phi) is 6.99. The van der Waals surface area contributed by atoms with E-state index in [1.807, 2.05) is 12.2 Å². The molecule has 0 atom stereocenters. The van der Waals surface area contributed by atoms with Crippen LogP contribution in [-0.4, -0.2) is 0 Å². The largest absolute Gasteiger partial charge is 2.00 e. The van der Waals surface area contributed by atoms with Crippen molar-refractivity contribution in [1.29, 1.82) is 0 Å². The Morgan fingerprint density at radius 2 is 2.23 bits per heavy atom. The molecule has 1 aromatic rings. The SMILES string of the molecule is Cc1ccc[c-]1C.[C-]1=CC=CC1.[Zr+2]. The van der Waals surface area contributed by atoms with E-state index in [4.69, 9.17) is 0 Å². The van der Waals surface area contributed by atoms with E-state index >= 15 is 0 Å². The minimum Gasteiger partial charge on any atom is -0.273 e. The second-order valence-corrected chi connectivity index (χ2v) is 2.89. The van der Waals surface area contributed by atoms with Crippen molar-refractivity contribution >= 4 is 0 Å². The predicted octanol–water partition coefficient (Wildman–Crippen LogP) is 3.33. The molecule has 0 radical (unpaired) electrons. The normalized spacial score (nSPS) is 11.8. The van der Waals surface area contributed by atoms with Crippen LogP contribution in [0.1, 0.15) is 17.5 Å². The summed E-state index contributed by atoms with van der Waals surface area (Å²) in [6.07, 6.45) is 10.0. The van der Waals surface area contributed by atoms with Crippen LogP contribution < -0.4 is 0 Å². The Morgan fingerprint density at radius 3 is 2.38 bits per heavy atom. The van der Waals surface area contributed by atoms with Gasteiger partial charge in [-0.3, -0.25) is 6.08 Å². The first-order chi connectivity index (χ1) is 5.80. The molecular formula is C12H14Zr. The van der Waals surface area contributed by atoms with Crippen molar-refractivity contribution < 1.29 is 26.2 Å². The van der Waals surface area contributed by atoms with Gasteiger partial charge in [0.15, 0.2) is 0 Å². The van der Waals surface area contributed by atoms with Gasteiger partial charge in [0.1, 0.15) is 0 Å². The van der Waals surface area contributed by atoms with E-state index in [1.54, 1.807) is 0 Å². The minimum absolute atomic E-state index is 0. The average Bonchev–Trinajstić information content (AvgIpc) is 2.67. The summed E-state index contributed by atoms with van der Waals surface area (Å²) in [5.74, 6) is 0. The molecule has 66 valence electrons. The van der Waals surface area contributed by atoms with Crippen LogP contribution in [0.3, 0.4) is 0 Å². The molecule has 1 aromatic carbocycles. The van der Waals surface area contributed by atoms with Gasteiger partial charge in [-0.25, -0.2) is 24.3 Å². The maximum Gasteiger partial charge on any atom is 2.00 e. The van der Waals surface area contributed by atoms with Crippen molar-refractivity contribution in [3.63, 3.8) is 0 Å². The van der Waals surface area contributed by atoms with E-state index in [2.05, 4.69) is 44.2 Å². The standard InChI is InChI=1S/C7H9.C5H5.Zr/c1-6-4-3-5-7(6)2;1-2-4-5-3-1;/h3-5H,1-2H3;1-3H,4H2;/q2*-1;+2. The van der Waals surface area contributed by atoms with Crippen LogP contribution in [-0.2, 0) is 26.2 Å². The van der Waals surface area contributed by atoms with Gasteiger partial charge in [0.05, 0.1) is 0 Å². The summed E-state index contributed by atoms with van der Waals surface area (Å²) >= 11 is 0. The Labute approximate surface area is 99.8 Å². The molecule has 0 N–H and O–H groups in total. The molecule has 0 heterocycles. The predicted molar refractivity (Wildman–Crippen MR) is 53.1 cm³/mol. The summed E-state index contributed by atoms with van der Waals surface area (Å²) in [5.41, 5.74) is 2.78. The van der Waals surface area contributed by atoms with Gasteiger partial charge in [-0.15, -0.1) is 6.42 Å². The number of allylic oxidation sites excluding steroid dienone is 4. The second kappa shape index (κ2) is 7.15. The van der Waals surface area contributed by atoms with Crippen LogP contribution >= 0.6 is 0 Å². The molecule has 2 rings (SSSR count). The quantitative estimate of drug-likeness (QED) is 0.619. The summed E-state index contributed by atoms with van der Waals surface area (Å²) in [7, 11) is 0. The van der Waals surface area contributed by atoms with Gasteiger partial charge < -0.3 is 0 Å². The molecule has 0 amide bonds. The molecule has 0 bridgehead atoms. The molecule has 0 aliphatic heterocycles. The van der Waals surface area contributed by atoms with Crippen molar-refractivity contribution in [3.05, 3.63) is 53.6 Å². The number of hydrogen-bond donors (Lipinski definition) is 0. The van der Waals surface area contributed by atoms with Crippen molar-refractivity contribution in [3.8, 4) is 0 Å². The molecule has 0 nitrogen and oxygen atoms in total. The third-order valence-corrected chi connectivity index (χ3v) is 1.90. The number of hydrogen-bond acceptors (Lipinski definition) is 0. The van der Waals surface area contributed by atoms with Crippen LogP contribution in [0, 0.1) is 19.9 Å². The maximum atomic E-state index is 2.99. The third-order valence-electron chi connectivity index (χ3n) is 1.90. The fourth-order valence-electron chi connectivity index (χ4n) is 0.940. The van der Waals surface area contributed by atoms with Gasteiger partial charge >= 0.3 is 26.2 Å². The molecule has 0 fully saturated rings. The Bertz CT molecular complexity index is 253. The summed E-state index contributed by atoms with van der Waals surface area (Å²) in [5, 5.41) is 0. The Morgan fingerprint density at radius 1 is 1.46 bits per heavy atom. The van der Waals surface area contributed by atoms with Crippen molar-refractivity contribution in [2.45, 2.75) is 20.3 Å². The van der Waals surface area contributed by atoms with E-state index in [0.29, 0.717) is 0 Å². The van der Waals surface area contributed by atoms with Crippen LogP contribution in [0.25, 0.3) is 0 Å². The van der Waals surface area contributed by atoms with E-state index < -0.39 is 0 Å². The molecule has 0 aromatic heterocycles. The van der Waals surface area contributed by atoms with Crippen molar-refractivity contribution in [2.24, 2.45) is 0 Å². The first-order valence-corrected chi connectivity index (χ1v) is 4.21. The second-order valence-electron chi connectivity index (χ2n) is 2.89. The van der Waals surface area contributed by atoms with Crippen LogP contribution in [0.4, 0.5) is 0 Å². The maximum absolute atomic E-state index is 2.99. The molecule has 1 aliphatic carbocycles. The summed E-state index contributed by atoms with van der Waals surface area (Å²) < 4.78 is 0. The van der Waals surface area contributed by atoms with E-state index in [0.717, 1.165) is 6.42 Å². The van der Waals surface area contributed by atoms with Crippen LogP contribution in [0.15, 0.2) is 36.4 Å². The average molecular weight is 249 g/mol. The molecule has 0 spiro atoms. The zero-order chi connectivity index (χ0) is 8.81. The van der Waals surface area contributed by atoms with Crippen LogP contribution in [0.2, 0.25) is 0 Å². The third kappa shape index (κ3) is 5.10. The Balaban J connectivity index is 0.000000215. The fourth-order valence-corrected chi connectivity index (χ4v) is 0.940. The molecule has 1 aliphatic rings. The topological polar surface area (TPSA) is 0 Å². The van der Waals surface area contributed by atoms with Crippen LogP contribution in [0.5, 0.6) is 0 Å². The summed E-state index contributed by atoms with van der Waals surface area (Å²) in [6, 6.07) is 6.31. The van der Waals surface area contributed by atoms with Gasteiger partial charge in [0, 0.05) is 0 Å².